The molecule has 1 unspecified atom stereocenters. The second-order valence-corrected chi connectivity index (χ2v) is 1.88. The molecule has 0 bridgehead atoms. The first-order chi connectivity index (χ1) is 3.13. The van der Waals surface area contributed by atoms with Crippen molar-refractivity contribution in [2.75, 3.05) is 6.26 Å². The minimum absolute atomic E-state index is 0. The van der Waals surface area contributed by atoms with Crippen molar-refractivity contribution in [3.8, 4) is 0 Å². The SMILES string of the molecule is CS(=O)[N-]C(N)=O.[Na+]. The van der Waals surface area contributed by atoms with E-state index in [0.29, 0.717) is 0 Å². The van der Waals surface area contributed by atoms with Crippen LogP contribution >= 0.6 is 0 Å². The van der Waals surface area contributed by atoms with Crippen molar-refractivity contribution in [3.63, 3.8) is 0 Å². The van der Waals surface area contributed by atoms with Gasteiger partial charge in [-0.05, 0) is 0 Å². The first-order valence-corrected chi connectivity index (χ1v) is 2.99. The summed E-state index contributed by atoms with van der Waals surface area (Å²) in [6, 6.07) is -0.888. The largest absolute Gasteiger partial charge is 1.00 e. The van der Waals surface area contributed by atoms with Gasteiger partial charge in [0.1, 0.15) is 0 Å². The number of hydrogen-bond acceptors (Lipinski definition) is 2. The topological polar surface area (TPSA) is 74.3 Å². The van der Waals surface area contributed by atoms with Crippen molar-refractivity contribution in [1.29, 1.82) is 0 Å². The molecule has 4 nitrogen and oxygen atoms in total. The van der Waals surface area contributed by atoms with Crippen LogP contribution in [0.1, 0.15) is 0 Å². The van der Waals surface area contributed by atoms with E-state index in [1.54, 1.807) is 0 Å². The summed E-state index contributed by atoms with van der Waals surface area (Å²) in [6.07, 6.45) is 1.27. The van der Waals surface area contributed by atoms with Crippen molar-refractivity contribution in [1.82, 2.24) is 0 Å². The van der Waals surface area contributed by atoms with E-state index in [0.717, 1.165) is 0 Å². The molecular weight excluding hydrogens is 139 g/mol. The van der Waals surface area contributed by atoms with Crippen molar-refractivity contribution in [3.05, 3.63) is 4.72 Å². The van der Waals surface area contributed by atoms with Crippen LogP contribution < -0.4 is 35.3 Å². The number of carbonyl (C=O) groups excluding carboxylic acids is 1. The van der Waals surface area contributed by atoms with Gasteiger partial charge in [0.05, 0.1) is 0 Å². The van der Waals surface area contributed by atoms with E-state index in [1.165, 1.54) is 6.26 Å². The molecular formula is C2H5N2NaO2S. The van der Waals surface area contributed by atoms with Gasteiger partial charge in [0, 0.05) is 17.2 Å². The number of hydrogen-bond donors (Lipinski definition) is 1. The maximum absolute atomic E-state index is 9.90. The summed E-state index contributed by atoms with van der Waals surface area (Å²) in [7, 11) is -1.45. The molecule has 2 N–H and O–H groups in total. The van der Waals surface area contributed by atoms with Gasteiger partial charge in [0.25, 0.3) is 0 Å². The van der Waals surface area contributed by atoms with Crippen LogP contribution in [0.4, 0.5) is 4.79 Å². The van der Waals surface area contributed by atoms with Gasteiger partial charge in [0.2, 0.25) is 0 Å². The number of urea groups is 1. The molecule has 1 atom stereocenters. The number of primary amides is 1. The molecule has 0 aromatic rings. The van der Waals surface area contributed by atoms with Gasteiger partial charge in [-0.15, -0.1) is 0 Å². The molecule has 0 fully saturated rings. The monoisotopic (exact) mass is 144 g/mol. The Morgan fingerprint density at radius 3 is 2.12 bits per heavy atom. The molecule has 42 valence electrons. The van der Waals surface area contributed by atoms with Crippen molar-refractivity contribution >= 4 is 17.0 Å². The number of nitrogens with zero attached hydrogens (tertiary/aromatic N) is 1. The van der Waals surface area contributed by atoms with E-state index < -0.39 is 17.0 Å². The van der Waals surface area contributed by atoms with Crippen molar-refractivity contribution in [2.45, 2.75) is 0 Å². The van der Waals surface area contributed by atoms with Crippen LogP contribution in [-0.2, 0) is 11.0 Å². The number of nitrogens with two attached hydrogens (primary N) is 1. The molecule has 2 amide bonds. The van der Waals surface area contributed by atoms with Gasteiger partial charge >= 0.3 is 29.6 Å². The van der Waals surface area contributed by atoms with E-state index in [1.807, 2.05) is 0 Å². The molecule has 0 aliphatic carbocycles. The van der Waals surface area contributed by atoms with Gasteiger partial charge in [-0.25, -0.2) is 0 Å². The molecule has 0 heterocycles. The third kappa shape index (κ3) is 9.65. The minimum atomic E-state index is -1.45. The first kappa shape index (κ1) is 11.2. The van der Waals surface area contributed by atoms with Crippen LogP contribution in [0.2, 0.25) is 0 Å². The van der Waals surface area contributed by atoms with Gasteiger partial charge in [0.15, 0.2) is 6.03 Å². The molecule has 8 heavy (non-hydrogen) atoms. The number of amides is 2. The predicted octanol–water partition coefficient (Wildman–Crippen LogP) is -3.26. The smallest absolute Gasteiger partial charge is 0.462 e. The van der Waals surface area contributed by atoms with E-state index in [9.17, 15) is 9.00 Å². The number of carbonyl (C=O) groups is 1. The zero-order valence-corrected chi connectivity index (χ0v) is 7.57. The molecule has 0 aliphatic rings. The fraction of sp³-hybridized carbons (Fsp3) is 0.500. The molecule has 0 saturated heterocycles. The fourth-order valence-electron chi connectivity index (χ4n) is 0.127. The molecule has 0 rings (SSSR count). The normalized spacial score (nSPS) is 11.1. The molecule has 6 heteroatoms. The summed E-state index contributed by atoms with van der Waals surface area (Å²) >= 11 is 0. The van der Waals surface area contributed by atoms with Crippen LogP contribution in [0.25, 0.3) is 4.72 Å². The zero-order chi connectivity index (χ0) is 5.86. The Labute approximate surface area is 72.1 Å². The fourth-order valence-corrected chi connectivity index (χ4v) is 0.380. The Hall–Kier alpha value is 0.420. The predicted molar refractivity (Wildman–Crippen MR) is 27.0 cm³/mol. The van der Waals surface area contributed by atoms with Crippen LogP contribution in [0, 0.1) is 0 Å². The summed E-state index contributed by atoms with van der Waals surface area (Å²) in [6.45, 7) is 0. The van der Waals surface area contributed by atoms with Gasteiger partial charge in [-0.3, -0.25) is 9.00 Å². The molecule has 0 aromatic carbocycles. The third-order valence-electron chi connectivity index (χ3n) is 0.219. The Kier molecular flexibility index (Phi) is 7.81. The van der Waals surface area contributed by atoms with Gasteiger partial charge in [-0.2, -0.15) is 0 Å². The first-order valence-electron chi connectivity index (χ1n) is 1.47. The van der Waals surface area contributed by atoms with Crippen LogP contribution in [0.3, 0.4) is 0 Å². The Balaban J connectivity index is 0. The summed E-state index contributed by atoms with van der Waals surface area (Å²) in [5, 5.41) is 0. The van der Waals surface area contributed by atoms with Crippen LogP contribution in [-0.4, -0.2) is 16.5 Å². The van der Waals surface area contributed by atoms with E-state index in [4.69, 9.17) is 0 Å². The van der Waals surface area contributed by atoms with E-state index >= 15 is 0 Å². The Morgan fingerprint density at radius 1 is 1.75 bits per heavy atom. The summed E-state index contributed by atoms with van der Waals surface area (Å²) in [5.74, 6) is 0. The zero-order valence-electron chi connectivity index (χ0n) is 4.75. The quantitative estimate of drug-likeness (QED) is 0.392. The van der Waals surface area contributed by atoms with Crippen LogP contribution in [0.5, 0.6) is 0 Å². The Morgan fingerprint density at radius 2 is 2.12 bits per heavy atom. The molecule has 0 aliphatic heterocycles. The molecule has 0 spiro atoms. The van der Waals surface area contributed by atoms with E-state index in [2.05, 4.69) is 10.5 Å². The molecule has 0 aromatic heterocycles. The van der Waals surface area contributed by atoms with Gasteiger partial charge < -0.3 is 10.5 Å². The molecule has 0 saturated carbocycles. The summed E-state index contributed by atoms with van der Waals surface area (Å²) < 4.78 is 12.8. The van der Waals surface area contributed by atoms with Crippen molar-refractivity contribution < 1.29 is 38.6 Å². The standard InChI is InChI=1S/C2H6N2O2S.Na/c1-7(6)4-2(3)5;/h1H3,(H3,3,4,5);/q;+1/p-1. The summed E-state index contributed by atoms with van der Waals surface area (Å²) in [4.78, 5) is 9.67. The second-order valence-electron chi connectivity index (χ2n) is 0.853. The maximum atomic E-state index is 9.90. The minimum Gasteiger partial charge on any atom is -0.462 e. The third-order valence-corrected chi connectivity index (χ3v) is 0.656. The maximum Gasteiger partial charge on any atom is 1.00 e. The van der Waals surface area contributed by atoms with Crippen LogP contribution in [0.15, 0.2) is 0 Å². The molecule has 0 radical (unpaired) electrons. The number of rotatable bonds is 1. The Bertz CT molecular complexity index is 94.2. The average Bonchev–Trinajstić information content (AvgIpc) is 1.27. The van der Waals surface area contributed by atoms with E-state index in [-0.39, 0.29) is 29.6 Å². The van der Waals surface area contributed by atoms with Crippen molar-refractivity contribution in [2.24, 2.45) is 5.73 Å². The second kappa shape index (κ2) is 5.55. The summed E-state index contributed by atoms with van der Waals surface area (Å²) in [5.41, 5.74) is 4.49. The van der Waals surface area contributed by atoms with Gasteiger partial charge in [-0.1, -0.05) is 0 Å². The average molecular weight is 144 g/mol.